The Morgan fingerprint density at radius 1 is 1.31 bits per heavy atom. The highest BCUT2D eigenvalue weighted by Crippen LogP contribution is 2.19. The summed E-state index contributed by atoms with van der Waals surface area (Å²) in [4.78, 5) is 26.3. The number of urea groups is 1. The summed E-state index contributed by atoms with van der Waals surface area (Å²) in [6.07, 6.45) is 2.21. The Labute approximate surface area is 168 Å². The van der Waals surface area contributed by atoms with Crippen LogP contribution in [0, 0.1) is 11.3 Å². The van der Waals surface area contributed by atoms with Gasteiger partial charge in [0.05, 0.1) is 17.9 Å². The van der Waals surface area contributed by atoms with Crippen molar-refractivity contribution >= 4 is 23.5 Å². The average molecular weight is 401 g/mol. The van der Waals surface area contributed by atoms with Crippen molar-refractivity contribution in [2.75, 3.05) is 57.1 Å². The Morgan fingerprint density at radius 2 is 2.07 bits per heavy atom. The van der Waals surface area contributed by atoms with E-state index >= 15 is 0 Å². The van der Waals surface area contributed by atoms with E-state index in [2.05, 4.69) is 25.6 Å². The minimum Gasteiger partial charge on any atom is -0.383 e. The molecule has 2 N–H and O–H groups in total. The molecule has 0 spiro atoms. The summed E-state index contributed by atoms with van der Waals surface area (Å²) < 4.78 is 15.3. The van der Waals surface area contributed by atoms with Crippen molar-refractivity contribution < 1.29 is 19.0 Å². The van der Waals surface area contributed by atoms with Crippen LogP contribution < -0.4 is 15.5 Å². The predicted octanol–water partition coefficient (Wildman–Crippen LogP) is 1.76. The molecule has 29 heavy (non-hydrogen) atoms. The number of methoxy groups -OCH3 is 3. The van der Waals surface area contributed by atoms with Crippen molar-refractivity contribution in [3.63, 3.8) is 0 Å². The van der Waals surface area contributed by atoms with Crippen LogP contribution in [0.25, 0.3) is 0 Å². The molecular weight excluding hydrogens is 378 g/mol. The first-order valence-electron chi connectivity index (χ1n) is 8.60. The van der Waals surface area contributed by atoms with Gasteiger partial charge in [-0.3, -0.25) is 10.2 Å². The van der Waals surface area contributed by atoms with Crippen LogP contribution in [0.5, 0.6) is 0 Å². The lowest BCUT2D eigenvalue weighted by molar-refractivity contribution is -0.108. The van der Waals surface area contributed by atoms with Gasteiger partial charge >= 0.3 is 6.03 Å². The molecule has 0 aliphatic rings. The molecule has 2 amide bonds. The third-order valence-corrected chi connectivity index (χ3v) is 3.82. The second-order valence-corrected chi connectivity index (χ2v) is 5.72. The van der Waals surface area contributed by atoms with Gasteiger partial charge in [0.2, 0.25) is 12.2 Å². The number of hydrogen-bond acceptors (Lipinski definition) is 9. The van der Waals surface area contributed by atoms with E-state index in [0.717, 1.165) is 0 Å². The molecule has 0 bridgehead atoms. The lowest BCUT2D eigenvalue weighted by atomic mass is 10.2. The minimum absolute atomic E-state index is 0.159. The van der Waals surface area contributed by atoms with Gasteiger partial charge in [0.15, 0.2) is 0 Å². The molecule has 154 valence electrons. The number of carbonyl (C=O) groups excluding carboxylic acids is 1. The van der Waals surface area contributed by atoms with E-state index in [1.54, 1.807) is 19.2 Å². The molecular formula is C18H23N7O4. The van der Waals surface area contributed by atoms with Crippen molar-refractivity contribution in [3.8, 4) is 6.07 Å². The van der Waals surface area contributed by atoms with E-state index in [4.69, 9.17) is 14.2 Å². The topological polar surface area (TPSA) is 135 Å². The second kappa shape index (κ2) is 10.9. The second-order valence-electron chi connectivity index (χ2n) is 5.72. The van der Waals surface area contributed by atoms with Crippen LogP contribution in [0.15, 0.2) is 24.5 Å². The molecule has 2 aromatic heterocycles. The first-order valence-corrected chi connectivity index (χ1v) is 8.60. The fourth-order valence-corrected chi connectivity index (χ4v) is 2.32. The van der Waals surface area contributed by atoms with E-state index in [1.807, 2.05) is 6.07 Å². The quantitative estimate of drug-likeness (QED) is 0.476. The normalized spacial score (nSPS) is 10.5. The van der Waals surface area contributed by atoms with Gasteiger partial charge in [-0.15, -0.1) is 0 Å². The van der Waals surface area contributed by atoms with Crippen molar-refractivity contribution in [1.82, 2.24) is 15.0 Å². The number of nitriles is 1. The first kappa shape index (κ1) is 22.0. The summed E-state index contributed by atoms with van der Waals surface area (Å²) in [5, 5.41) is 14.9. The number of amides is 2. The molecule has 11 heteroatoms. The van der Waals surface area contributed by atoms with Crippen LogP contribution >= 0.6 is 0 Å². The molecule has 0 unspecified atom stereocenters. The minimum atomic E-state index is -0.672. The van der Waals surface area contributed by atoms with Gasteiger partial charge in [-0.05, 0) is 6.07 Å². The maximum Gasteiger partial charge on any atom is 0.329 e. The fourth-order valence-electron chi connectivity index (χ4n) is 2.32. The smallest absolute Gasteiger partial charge is 0.329 e. The number of nitrogens with one attached hydrogen (secondary N) is 2. The molecule has 2 aromatic rings. The molecule has 0 aliphatic heterocycles. The van der Waals surface area contributed by atoms with Crippen LogP contribution in [0.1, 0.15) is 17.5 Å². The Bertz CT molecular complexity index is 868. The monoisotopic (exact) mass is 401 g/mol. The van der Waals surface area contributed by atoms with Crippen molar-refractivity contribution in [2.24, 2.45) is 0 Å². The zero-order valence-electron chi connectivity index (χ0n) is 16.7. The van der Waals surface area contributed by atoms with Gasteiger partial charge in [-0.2, -0.15) is 5.26 Å². The van der Waals surface area contributed by atoms with Crippen molar-refractivity contribution in [1.29, 1.82) is 5.26 Å². The summed E-state index contributed by atoms with van der Waals surface area (Å²) in [5.74, 6) is 0.426. The molecule has 0 radical (unpaired) electrons. The van der Waals surface area contributed by atoms with Crippen LogP contribution in [-0.2, 0) is 14.2 Å². The van der Waals surface area contributed by atoms with Crippen LogP contribution in [0.2, 0.25) is 0 Å². The van der Waals surface area contributed by atoms with Crippen molar-refractivity contribution in [2.45, 2.75) is 6.29 Å². The molecule has 0 saturated heterocycles. The zero-order valence-corrected chi connectivity index (χ0v) is 16.7. The first-order chi connectivity index (χ1) is 14.0. The lowest BCUT2D eigenvalue weighted by Gasteiger charge is -2.18. The number of rotatable bonds is 9. The van der Waals surface area contributed by atoms with Gasteiger partial charge in [0.25, 0.3) is 0 Å². The number of nitrogens with zero attached hydrogens (tertiary/aromatic N) is 5. The van der Waals surface area contributed by atoms with Gasteiger partial charge in [0.1, 0.15) is 17.6 Å². The lowest BCUT2D eigenvalue weighted by Crippen LogP contribution is -2.33. The molecule has 0 aliphatic carbocycles. The van der Waals surface area contributed by atoms with Crippen LogP contribution in [0.3, 0.4) is 0 Å². The maximum atomic E-state index is 12.6. The summed E-state index contributed by atoms with van der Waals surface area (Å²) in [6.45, 7) is 0.971. The third kappa shape index (κ3) is 5.82. The van der Waals surface area contributed by atoms with Crippen LogP contribution in [-0.4, -0.2) is 62.5 Å². The average Bonchev–Trinajstić information content (AvgIpc) is 2.74. The number of carbonyl (C=O) groups is 1. The van der Waals surface area contributed by atoms with Gasteiger partial charge < -0.3 is 19.5 Å². The molecule has 0 atom stereocenters. The number of aromatic nitrogens is 3. The van der Waals surface area contributed by atoms with Crippen LogP contribution in [0.4, 0.5) is 22.2 Å². The highest BCUT2D eigenvalue weighted by Gasteiger charge is 2.18. The van der Waals surface area contributed by atoms with E-state index in [-0.39, 0.29) is 11.8 Å². The van der Waals surface area contributed by atoms with E-state index < -0.39 is 12.3 Å². The fraction of sp³-hybridized carbons (Fsp3) is 0.389. The molecule has 11 nitrogen and oxygen atoms in total. The highest BCUT2D eigenvalue weighted by atomic mass is 16.7. The summed E-state index contributed by atoms with van der Waals surface area (Å²) in [7, 11) is 6.08. The standard InChI is InChI=1S/C18H23N7O4/c1-25(17-21-6-5-13(23-17)16(28-3)29-4)18(26)24-15-9-14(20-7-8-27-2)12(10-19)11-22-15/h5-6,9,11,16H,7-8H2,1-4H3,(H2,20,22,24,26). The number of anilines is 3. The number of pyridine rings is 1. The third-order valence-electron chi connectivity index (χ3n) is 3.82. The van der Waals surface area contributed by atoms with Gasteiger partial charge in [-0.25, -0.2) is 19.7 Å². The molecule has 0 saturated carbocycles. The van der Waals surface area contributed by atoms with E-state index in [1.165, 1.54) is 38.6 Å². The summed E-state index contributed by atoms with van der Waals surface area (Å²) in [6, 6.07) is 4.75. The Hall–Kier alpha value is -3.33. The highest BCUT2D eigenvalue weighted by molar-refractivity contribution is 5.99. The molecule has 2 heterocycles. The van der Waals surface area contributed by atoms with E-state index in [9.17, 15) is 10.1 Å². The summed E-state index contributed by atoms with van der Waals surface area (Å²) in [5.41, 5.74) is 1.37. The van der Waals surface area contributed by atoms with Gasteiger partial charge in [-0.1, -0.05) is 0 Å². The molecule has 0 aromatic carbocycles. The van der Waals surface area contributed by atoms with Gasteiger partial charge in [0, 0.05) is 53.4 Å². The maximum absolute atomic E-state index is 12.6. The zero-order chi connectivity index (χ0) is 21.2. The Kier molecular flexibility index (Phi) is 8.23. The summed E-state index contributed by atoms with van der Waals surface area (Å²) >= 11 is 0. The van der Waals surface area contributed by atoms with Crippen molar-refractivity contribution in [3.05, 3.63) is 35.8 Å². The predicted molar refractivity (Wildman–Crippen MR) is 106 cm³/mol. The Morgan fingerprint density at radius 3 is 2.72 bits per heavy atom. The molecule has 0 fully saturated rings. The number of hydrogen-bond donors (Lipinski definition) is 2. The molecule has 2 rings (SSSR count). The largest absolute Gasteiger partial charge is 0.383 e. The Balaban J connectivity index is 2.14. The number of ether oxygens (including phenoxy) is 3. The SMILES string of the molecule is COCCNc1cc(NC(=O)N(C)c2nccc(C(OC)OC)n2)ncc1C#N. The van der Waals surface area contributed by atoms with E-state index in [0.29, 0.717) is 30.1 Å².